The molecule has 0 unspecified atom stereocenters. The second-order valence-corrected chi connectivity index (χ2v) is 6.98. The summed E-state index contributed by atoms with van der Waals surface area (Å²) < 4.78 is 5.71. The van der Waals surface area contributed by atoms with E-state index in [4.69, 9.17) is 4.74 Å². The Morgan fingerprint density at radius 3 is 2.28 bits per heavy atom. The van der Waals surface area contributed by atoms with Gasteiger partial charge in [0, 0.05) is 13.2 Å². The minimum atomic E-state index is 0.872. The van der Waals surface area contributed by atoms with Crippen LogP contribution in [-0.2, 0) is 17.6 Å². The highest BCUT2D eigenvalue weighted by atomic mass is 16.5. The molecule has 2 aromatic carbocycles. The lowest BCUT2D eigenvalue weighted by molar-refractivity contribution is 0.129. The van der Waals surface area contributed by atoms with Crippen molar-refractivity contribution in [3.8, 4) is 11.1 Å². The summed E-state index contributed by atoms with van der Waals surface area (Å²) in [6.07, 6.45) is 8.24. The summed E-state index contributed by atoms with van der Waals surface area (Å²) in [6.45, 7) is 8.46. The number of hydrogen-bond donors (Lipinski definition) is 0. The summed E-state index contributed by atoms with van der Waals surface area (Å²) in [4.78, 5) is 0. The standard InChI is InChI=1S/C24H34O/c1-4-6-13-22-16-15-21(12-10-18-25-17-7-5-2)19-24(22)23-14-9-8-11-20(23)3/h8-9,11,14-16,19H,4-7,10,12-13,17-18H2,1-3H3. The first kappa shape index (κ1) is 19.7. The maximum atomic E-state index is 5.71. The molecule has 0 atom stereocenters. The number of aryl methyl sites for hydroxylation is 3. The molecule has 0 aromatic heterocycles. The Balaban J connectivity index is 2.10. The van der Waals surface area contributed by atoms with E-state index in [1.165, 1.54) is 59.9 Å². The molecular formula is C24H34O. The summed E-state index contributed by atoms with van der Waals surface area (Å²) in [5, 5.41) is 0. The van der Waals surface area contributed by atoms with E-state index >= 15 is 0 Å². The molecule has 0 heterocycles. The minimum absolute atomic E-state index is 0.872. The molecule has 0 amide bonds. The van der Waals surface area contributed by atoms with Gasteiger partial charge in [-0.2, -0.15) is 0 Å². The average molecular weight is 339 g/mol. The summed E-state index contributed by atoms with van der Waals surface area (Å²) in [5.41, 5.74) is 7.09. The molecule has 25 heavy (non-hydrogen) atoms. The Morgan fingerprint density at radius 2 is 1.52 bits per heavy atom. The van der Waals surface area contributed by atoms with Crippen molar-refractivity contribution in [2.45, 2.75) is 65.7 Å². The van der Waals surface area contributed by atoms with Gasteiger partial charge in [-0.25, -0.2) is 0 Å². The fourth-order valence-corrected chi connectivity index (χ4v) is 3.22. The van der Waals surface area contributed by atoms with E-state index < -0.39 is 0 Å². The van der Waals surface area contributed by atoms with Gasteiger partial charge in [-0.05, 0) is 66.8 Å². The molecule has 136 valence electrons. The number of hydrogen-bond acceptors (Lipinski definition) is 1. The first-order valence-electron chi connectivity index (χ1n) is 10.0. The third-order valence-corrected chi connectivity index (χ3v) is 4.81. The van der Waals surface area contributed by atoms with Crippen molar-refractivity contribution in [3.05, 3.63) is 59.2 Å². The minimum Gasteiger partial charge on any atom is -0.381 e. The predicted octanol–water partition coefficient (Wildman–Crippen LogP) is 6.75. The van der Waals surface area contributed by atoms with E-state index in [0.29, 0.717) is 0 Å². The van der Waals surface area contributed by atoms with Crippen LogP contribution >= 0.6 is 0 Å². The fraction of sp³-hybridized carbons (Fsp3) is 0.500. The van der Waals surface area contributed by atoms with Crippen molar-refractivity contribution in [1.82, 2.24) is 0 Å². The van der Waals surface area contributed by atoms with E-state index in [1.807, 2.05) is 0 Å². The van der Waals surface area contributed by atoms with E-state index in [-0.39, 0.29) is 0 Å². The zero-order valence-corrected chi connectivity index (χ0v) is 16.3. The van der Waals surface area contributed by atoms with Crippen molar-refractivity contribution >= 4 is 0 Å². The van der Waals surface area contributed by atoms with Crippen molar-refractivity contribution in [3.63, 3.8) is 0 Å². The van der Waals surface area contributed by atoms with Gasteiger partial charge in [-0.15, -0.1) is 0 Å². The number of benzene rings is 2. The smallest absolute Gasteiger partial charge is 0.0469 e. The van der Waals surface area contributed by atoms with Gasteiger partial charge in [0.1, 0.15) is 0 Å². The van der Waals surface area contributed by atoms with Crippen molar-refractivity contribution in [2.75, 3.05) is 13.2 Å². The maximum Gasteiger partial charge on any atom is 0.0469 e. The summed E-state index contributed by atoms with van der Waals surface area (Å²) >= 11 is 0. The molecule has 2 rings (SSSR count). The van der Waals surface area contributed by atoms with Gasteiger partial charge in [0.2, 0.25) is 0 Å². The summed E-state index contributed by atoms with van der Waals surface area (Å²) in [5.74, 6) is 0. The van der Waals surface area contributed by atoms with Gasteiger partial charge in [-0.1, -0.05) is 69.2 Å². The van der Waals surface area contributed by atoms with Crippen LogP contribution in [0.2, 0.25) is 0 Å². The highest BCUT2D eigenvalue weighted by molar-refractivity contribution is 5.71. The Hall–Kier alpha value is -1.60. The van der Waals surface area contributed by atoms with Gasteiger partial charge in [0.15, 0.2) is 0 Å². The fourth-order valence-electron chi connectivity index (χ4n) is 3.22. The van der Waals surface area contributed by atoms with Crippen LogP contribution < -0.4 is 0 Å². The van der Waals surface area contributed by atoms with Crippen LogP contribution in [0.3, 0.4) is 0 Å². The van der Waals surface area contributed by atoms with Gasteiger partial charge >= 0.3 is 0 Å². The number of ether oxygens (including phenoxy) is 1. The Bertz CT molecular complexity index is 630. The molecule has 0 aliphatic heterocycles. The first-order valence-corrected chi connectivity index (χ1v) is 10.0. The number of rotatable bonds is 11. The second kappa shape index (κ2) is 11.1. The Labute approximate surface area is 154 Å². The molecule has 0 fully saturated rings. The maximum absolute atomic E-state index is 5.71. The van der Waals surface area contributed by atoms with E-state index in [2.05, 4.69) is 63.2 Å². The second-order valence-electron chi connectivity index (χ2n) is 6.98. The van der Waals surface area contributed by atoms with Crippen molar-refractivity contribution < 1.29 is 4.74 Å². The van der Waals surface area contributed by atoms with Crippen LogP contribution in [0.4, 0.5) is 0 Å². The Kier molecular flexibility index (Phi) is 8.76. The molecule has 0 bridgehead atoms. The normalized spacial score (nSPS) is 11.0. The zero-order valence-electron chi connectivity index (χ0n) is 16.3. The Morgan fingerprint density at radius 1 is 0.760 bits per heavy atom. The van der Waals surface area contributed by atoms with Crippen LogP contribution in [0, 0.1) is 6.92 Å². The summed E-state index contributed by atoms with van der Waals surface area (Å²) in [7, 11) is 0. The lowest BCUT2D eigenvalue weighted by atomic mass is 9.91. The van der Waals surface area contributed by atoms with Gasteiger partial charge in [0.25, 0.3) is 0 Å². The molecule has 1 heteroatoms. The number of unbranched alkanes of at least 4 members (excludes halogenated alkanes) is 2. The van der Waals surface area contributed by atoms with E-state index in [9.17, 15) is 0 Å². The van der Waals surface area contributed by atoms with Gasteiger partial charge in [0.05, 0.1) is 0 Å². The largest absolute Gasteiger partial charge is 0.381 e. The van der Waals surface area contributed by atoms with Crippen LogP contribution in [0.25, 0.3) is 11.1 Å². The monoisotopic (exact) mass is 338 g/mol. The molecule has 0 spiro atoms. The summed E-state index contributed by atoms with van der Waals surface area (Å²) in [6, 6.07) is 15.8. The van der Waals surface area contributed by atoms with Crippen molar-refractivity contribution in [2.24, 2.45) is 0 Å². The lowest BCUT2D eigenvalue weighted by Crippen LogP contribution is -1.99. The molecule has 0 N–H and O–H groups in total. The highest BCUT2D eigenvalue weighted by Crippen LogP contribution is 2.29. The third kappa shape index (κ3) is 6.32. The molecule has 0 saturated carbocycles. The van der Waals surface area contributed by atoms with E-state index in [1.54, 1.807) is 0 Å². The molecule has 2 aromatic rings. The molecule has 0 aliphatic rings. The molecule has 0 radical (unpaired) electrons. The lowest BCUT2D eigenvalue weighted by Gasteiger charge is -2.14. The molecular weight excluding hydrogens is 304 g/mol. The van der Waals surface area contributed by atoms with Crippen LogP contribution in [0.1, 0.15) is 62.6 Å². The molecule has 0 saturated heterocycles. The average Bonchev–Trinajstić information content (AvgIpc) is 2.64. The quantitative estimate of drug-likeness (QED) is 0.412. The highest BCUT2D eigenvalue weighted by Gasteiger charge is 2.09. The van der Waals surface area contributed by atoms with E-state index in [0.717, 1.165) is 26.1 Å². The predicted molar refractivity (Wildman–Crippen MR) is 109 cm³/mol. The van der Waals surface area contributed by atoms with Crippen LogP contribution in [0.5, 0.6) is 0 Å². The third-order valence-electron chi connectivity index (χ3n) is 4.81. The zero-order chi connectivity index (χ0) is 17.9. The van der Waals surface area contributed by atoms with Crippen LogP contribution in [-0.4, -0.2) is 13.2 Å². The van der Waals surface area contributed by atoms with Gasteiger partial charge in [-0.3, -0.25) is 0 Å². The van der Waals surface area contributed by atoms with Crippen LogP contribution in [0.15, 0.2) is 42.5 Å². The first-order chi connectivity index (χ1) is 12.3. The van der Waals surface area contributed by atoms with Gasteiger partial charge < -0.3 is 4.74 Å². The SMILES string of the molecule is CCCCOCCCc1ccc(CCCC)c(-c2ccccc2C)c1. The molecule has 1 nitrogen and oxygen atoms in total. The molecule has 0 aliphatic carbocycles. The topological polar surface area (TPSA) is 9.23 Å². The van der Waals surface area contributed by atoms with Crippen molar-refractivity contribution in [1.29, 1.82) is 0 Å².